The molecule has 4 rings (SSSR count). The Morgan fingerprint density at radius 1 is 0.964 bits per heavy atom. The zero-order chi connectivity index (χ0) is 19.0. The first-order valence-electron chi connectivity index (χ1n) is 8.97. The number of rotatable bonds is 3. The van der Waals surface area contributed by atoms with E-state index in [0.717, 1.165) is 11.4 Å². The van der Waals surface area contributed by atoms with E-state index in [0.29, 0.717) is 0 Å². The standard InChI is InChI=1S/C23H23N2OS.HI/c1-16-13-18(15-23-24(3)21-7-5-6-8-22(21)27-23)14-17(2)25(16)19-9-11-20(26-4)12-10-19;/h5-15H,1-4H3;1H/q+1;/p-1. The second-order valence-corrected chi connectivity index (χ2v) is 7.78. The number of methoxy groups -OCH3 is 1. The van der Waals surface area contributed by atoms with Crippen LogP contribution in [0, 0.1) is 13.8 Å². The molecule has 0 bridgehead atoms. The first kappa shape index (κ1) is 20.7. The molecule has 0 fully saturated rings. The molecule has 1 aliphatic rings. The number of ether oxygens (including phenoxy) is 1. The molecule has 0 N–H and O–H groups in total. The first-order chi connectivity index (χ1) is 13.1. The number of hydrogen-bond acceptors (Lipinski definition) is 3. The van der Waals surface area contributed by atoms with E-state index in [1.54, 1.807) is 7.11 Å². The van der Waals surface area contributed by atoms with Crippen LogP contribution in [0.1, 0.15) is 17.0 Å². The molecule has 0 atom stereocenters. The molecular formula is C23H23IN2OS. The number of fused-ring (bicyclic) bond motifs is 1. The summed E-state index contributed by atoms with van der Waals surface area (Å²) in [5.41, 5.74) is 6.04. The highest BCUT2D eigenvalue weighted by Gasteiger charge is 2.22. The maximum absolute atomic E-state index is 5.27. The fourth-order valence-electron chi connectivity index (χ4n) is 3.54. The molecule has 1 aromatic heterocycles. The van der Waals surface area contributed by atoms with Crippen molar-refractivity contribution in [2.45, 2.75) is 18.7 Å². The molecule has 0 amide bonds. The van der Waals surface area contributed by atoms with Crippen LogP contribution in [0.4, 0.5) is 5.69 Å². The molecule has 0 aliphatic carbocycles. The van der Waals surface area contributed by atoms with E-state index < -0.39 is 0 Å². The third-order valence-electron chi connectivity index (χ3n) is 4.85. The van der Waals surface area contributed by atoms with Gasteiger partial charge < -0.3 is 33.6 Å². The molecular weight excluding hydrogens is 479 g/mol. The van der Waals surface area contributed by atoms with Gasteiger partial charge in [-0.1, -0.05) is 23.9 Å². The number of pyridine rings is 1. The highest BCUT2D eigenvalue weighted by atomic mass is 127. The zero-order valence-corrected chi connectivity index (χ0v) is 19.4. The molecule has 144 valence electrons. The highest BCUT2D eigenvalue weighted by molar-refractivity contribution is 8.03. The van der Waals surface area contributed by atoms with E-state index in [9.17, 15) is 0 Å². The number of halogens is 1. The van der Waals surface area contributed by atoms with Gasteiger partial charge in [0, 0.05) is 50.1 Å². The number of nitrogens with zero attached hydrogens (tertiary/aromatic N) is 2. The van der Waals surface area contributed by atoms with Crippen molar-refractivity contribution in [2.24, 2.45) is 0 Å². The van der Waals surface area contributed by atoms with Gasteiger partial charge >= 0.3 is 0 Å². The molecule has 0 unspecified atom stereocenters. The molecule has 3 nitrogen and oxygen atoms in total. The van der Waals surface area contributed by atoms with Gasteiger partial charge in [0.1, 0.15) is 5.75 Å². The number of para-hydroxylation sites is 1. The Balaban J connectivity index is 0.00000225. The van der Waals surface area contributed by atoms with Crippen molar-refractivity contribution in [2.75, 3.05) is 19.1 Å². The minimum atomic E-state index is 0. The topological polar surface area (TPSA) is 16.4 Å². The average molecular weight is 502 g/mol. The minimum absolute atomic E-state index is 0. The Hall–Kier alpha value is -1.99. The van der Waals surface area contributed by atoms with Crippen molar-refractivity contribution in [1.82, 2.24) is 0 Å². The van der Waals surface area contributed by atoms with Gasteiger partial charge in [-0.3, -0.25) is 0 Å². The summed E-state index contributed by atoms with van der Waals surface area (Å²) in [6.45, 7) is 4.30. The number of aromatic nitrogens is 1. The summed E-state index contributed by atoms with van der Waals surface area (Å²) in [6, 6.07) is 21.2. The van der Waals surface area contributed by atoms with Gasteiger partial charge in [0.15, 0.2) is 11.4 Å². The second kappa shape index (κ2) is 8.57. The Labute approximate surface area is 188 Å². The molecule has 5 heteroatoms. The van der Waals surface area contributed by atoms with Gasteiger partial charge in [0.2, 0.25) is 5.69 Å². The fraction of sp³-hybridized carbons (Fsp3) is 0.174. The van der Waals surface area contributed by atoms with Gasteiger partial charge in [0.25, 0.3) is 0 Å². The average Bonchev–Trinajstić information content (AvgIpc) is 2.98. The van der Waals surface area contributed by atoms with Gasteiger partial charge in [-0.15, -0.1) is 0 Å². The van der Waals surface area contributed by atoms with Crippen molar-refractivity contribution in [3.63, 3.8) is 0 Å². The maximum Gasteiger partial charge on any atom is 0.211 e. The fourth-order valence-corrected chi connectivity index (χ4v) is 4.65. The molecule has 0 saturated carbocycles. The van der Waals surface area contributed by atoms with Crippen molar-refractivity contribution >= 4 is 23.5 Å². The molecule has 2 aromatic carbocycles. The van der Waals surface area contributed by atoms with Crippen LogP contribution in [-0.2, 0) is 0 Å². The molecule has 3 aromatic rings. The van der Waals surface area contributed by atoms with Crippen LogP contribution >= 0.6 is 11.8 Å². The van der Waals surface area contributed by atoms with Crippen LogP contribution in [0.5, 0.6) is 5.75 Å². The highest BCUT2D eigenvalue weighted by Crippen LogP contribution is 2.45. The predicted molar refractivity (Wildman–Crippen MR) is 113 cm³/mol. The van der Waals surface area contributed by atoms with Crippen molar-refractivity contribution < 1.29 is 33.3 Å². The van der Waals surface area contributed by atoms with Gasteiger partial charge in [-0.2, -0.15) is 4.57 Å². The van der Waals surface area contributed by atoms with Gasteiger partial charge in [-0.05, 0) is 35.9 Å². The summed E-state index contributed by atoms with van der Waals surface area (Å²) in [5.74, 6) is 0.872. The van der Waals surface area contributed by atoms with Crippen molar-refractivity contribution in [3.8, 4) is 11.4 Å². The summed E-state index contributed by atoms with van der Waals surface area (Å²) in [7, 11) is 3.82. The lowest BCUT2D eigenvalue weighted by molar-refractivity contribution is -0.609. The lowest BCUT2D eigenvalue weighted by Crippen LogP contribution is -3.00. The van der Waals surface area contributed by atoms with Crippen LogP contribution in [-0.4, -0.2) is 14.2 Å². The number of anilines is 1. The van der Waals surface area contributed by atoms with E-state index >= 15 is 0 Å². The molecule has 0 radical (unpaired) electrons. The van der Waals surface area contributed by atoms with E-state index in [1.165, 1.54) is 32.6 Å². The smallest absolute Gasteiger partial charge is 0.211 e. The van der Waals surface area contributed by atoms with Crippen LogP contribution in [0.15, 0.2) is 70.6 Å². The SMILES string of the molecule is COc1ccc(-[n+]2c(C)cc(/C=C3\Sc4ccccc4N3C)cc2C)cc1.[I-]. The van der Waals surface area contributed by atoms with Crippen LogP contribution < -0.4 is 38.2 Å². The third kappa shape index (κ3) is 3.91. The van der Waals surface area contributed by atoms with Crippen LogP contribution in [0.2, 0.25) is 0 Å². The van der Waals surface area contributed by atoms with E-state index in [4.69, 9.17) is 4.74 Å². The predicted octanol–water partition coefficient (Wildman–Crippen LogP) is 2.13. The van der Waals surface area contributed by atoms with E-state index in [2.05, 4.69) is 85.0 Å². The number of hydrogen-bond donors (Lipinski definition) is 0. The number of thioether (sulfide) groups is 1. The minimum Gasteiger partial charge on any atom is -1.00 e. The van der Waals surface area contributed by atoms with Gasteiger partial charge in [-0.25, -0.2) is 0 Å². The largest absolute Gasteiger partial charge is 1.00 e. The Morgan fingerprint density at radius 3 is 2.21 bits per heavy atom. The summed E-state index contributed by atoms with van der Waals surface area (Å²) in [6.07, 6.45) is 2.27. The molecule has 2 heterocycles. The lowest BCUT2D eigenvalue weighted by atomic mass is 10.1. The number of benzene rings is 2. The summed E-state index contributed by atoms with van der Waals surface area (Å²) in [4.78, 5) is 3.57. The van der Waals surface area contributed by atoms with Crippen molar-refractivity contribution in [3.05, 3.63) is 82.6 Å². The van der Waals surface area contributed by atoms with E-state index in [1.807, 2.05) is 23.9 Å². The summed E-state index contributed by atoms with van der Waals surface area (Å²) >= 11 is 1.82. The van der Waals surface area contributed by atoms with Crippen LogP contribution in [0.25, 0.3) is 11.8 Å². The quantitative estimate of drug-likeness (QED) is 0.404. The molecule has 0 saturated heterocycles. The molecule has 1 aliphatic heterocycles. The zero-order valence-electron chi connectivity index (χ0n) is 16.4. The Morgan fingerprint density at radius 2 is 1.61 bits per heavy atom. The molecule has 0 spiro atoms. The number of aryl methyl sites for hydroxylation is 2. The first-order valence-corrected chi connectivity index (χ1v) is 9.78. The Kier molecular flexibility index (Phi) is 6.35. The second-order valence-electron chi connectivity index (χ2n) is 6.72. The van der Waals surface area contributed by atoms with E-state index in [-0.39, 0.29) is 24.0 Å². The van der Waals surface area contributed by atoms with Crippen molar-refractivity contribution in [1.29, 1.82) is 0 Å². The summed E-state index contributed by atoms with van der Waals surface area (Å²) < 4.78 is 7.54. The normalized spacial score (nSPS) is 14.0. The van der Waals surface area contributed by atoms with Gasteiger partial charge in [0.05, 0.1) is 17.8 Å². The summed E-state index contributed by atoms with van der Waals surface area (Å²) in [5, 5.41) is 1.25. The Bertz CT molecular complexity index is 1010. The molecule has 28 heavy (non-hydrogen) atoms. The van der Waals surface area contributed by atoms with Crippen LogP contribution in [0.3, 0.4) is 0 Å². The third-order valence-corrected chi connectivity index (χ3v) is 6.01. The maximum atomic E-state index is 5.27. The monoisotopic (exact) mass is 502 g/mol. The lowest BCUT2D eigenvalue weighted by Gasteiger charge is -2.13.